The molecule has 1 aromatic heterocycles. The van der Waals surface area contributed by atoms with Crippen LogP contribution in [0.2, 0.25) is 5.02 Å². The quantitative estimate of drug-likeness (QED) is 0.870. The highest BCUT2D eigenvalue weighted by atomic mass is 35.5. The fraction of sp³-hybridized carbons (Fsp3) is 0.529. The van der Waals surface area contributed by atoms with E-state index in [9.17, 15) is 0 Å². The maximum Gasteiger partial charge on any atom is 0.134 e. The Morgan fingerprint density at radius 3 is 2.90 bits per heavy atom. The van der Waals surface area contributed by atoms with Crippen LogP contribution in [-0.2, 0) is 4.74 Å². The Hall–Kier alpha value is -1.03. The number of fused-ring (bicyclic) bond motifs is 1. The molecular formula is C17H22ClNO2. The van der Waals surface area contributed by atoms with E-state index >= 15 is 0 Å². The van der Waals surface area contributed by atoms with E-state index in [1.54, 1.807) is 0 Å². The molecule has 1 N–H and O–H groups in total. The number of hydrogen-bond acceptors (Lipinski definition) is 3. The number of ether oxygens (including phenoxy) is 1. The van der Waals surface area contributed by atoms with Crippen molar-refractivity contribution < 1.29 is 9.15 Å². The van der Waals surface area contributed by atoms with Crippen LogP contribution in [0.3, 0.4) is 0 Å². The minimum atomic E-state index is 0.112. The molecule has 0 spiro atoms. The Bertz CT molecular complexity index is 610. The van der Waals surface area contributed by atoms with E-state index < -0.39 is 0 Å². The van der Waals surface area contributed by atoms with Gasteiger partial charge in [-0.1, -0.05) is 18.5 Å². The van der Waals surface area contributed by atoms with Gasteiger partial charge in [0.15, 0.2) is 0 Å². The van der Waals surface area contributed by atoms with Gasteiger partial charge in [-0.15, -0.1) is 0 Å². The van der Waals surface area contributed by atoms with Crippen molar-refractivity contribution >= 4 is 22.6 Å². The summed E-state index contributed by atoms with van der Waals surface area (Å²) in [6, 6.07) is 7.93. The molecule has 1 aliphatic heterocycles. The van der Waals surface area contributed by atoms with E-state index in [0.717, 1.165) is 47.6 Å². The zero-order valence-corrected chi connectivity index (χ0v) is 13.3. The lowest BCUT2D eigenvalue weighted by Crippen LogP contribution is -2.32. The molecule has 114 valence electrons. The third kappa shape index (κ3) is 3.25. The molecule has 0 saturated carbocycles. The summed E-state index contributed by atoms with van der Waals surface area (Å²) >= 11 is 6.06. The monoisotopic (exact) mass is 307 g/mol. The smallest absolute Gasteiger partial charge is 0.134 e. The second-order valence-electron chi connectivity index (χ2n) is 5.83. The minimum Gasteiger partial charge on any atom is -0.459 e. The molecule has 1 fully saturated rings. The largest absolute Gasteiger partial charge is 0.459 e. The van der Waals surface area contributed by atoms with Crippen LogP contribution >= 0.6 is 11.6 Å². The van der Waals surface area contributed by atoms with Gasteiger partial charge in [-0.05, 0) is 57.0 Å². The maximum atomic E-state index is 6.06. The third-order valence-electron chi connectivity index (χ3n) is 4.05. The summed E-state index contributed by atoms with van der Waals surface area (Å²) < 4.78 is 12.1. The molecular weight excluding hydrogens is 286 g/mol. The van der Waals surface area contributed by atoms with Gasteiger partial charge in [0, 0.05) is 10.4 Å². The van der Waals surface area contributed by atoms with Crippen LogP contribution in [0.25, 0.3) is 11.0 Å². The van der Waals surface area contributed by atoms with Crippen molar-refractivity contribution in [2.75, 3.05) is 6.54 Å². The Kier molecular flexibility index (Phi) is 4.53. The Labute approximate surface area is 130 Å². The van der Waals surface area contributed by atoms with Gasteiger partial charge >= 0.3 is 0 Å². The van der Waals surface area contributed by atoms with Crippen molar-refractivity contribution in [3.63, 3.8) is 0 Å². The molecule has 2 heterocycles. The Morgan fingerprint density at radius 2 is 2.19 bits per heavy atom. The van der Waals surface area contributed by atoms with Gasteiger partial charge in [0.25, 0.3) is 0 Å². The van der Waals surface area contributed by atoms with Gasteiger partial charge in [0.05, 0.1) is 18.2 Å². The van der Waals surface area contributed by atoms with Gasteiger partial charge in [-0.3, -0.25) is 0 Å². The molecule has 2 aromatic rings. The summed E-state index contributed by atoms with van der Waals surface area (Å²) in [5, 5.41) is 5.35. The standard InChI is InChI=1S/C17H22ClNO2/c1-3-8-19-17(15-6-4-11(2)20-15)16-10-12-9-13(18)5-7-14(12)21-16/h5,7,9-11,15,17,19H,3-4,6,8H2,1-2H3. The number of nitrogens with one attached hydrogen (secondary N) is 1. The first-order chi connectivity index (χ1) is 10.2. The second-order valence-corrected chi connectivity index (χ2v) is 6.26. The molecule has 1 saturated heterocycles. The molecule has 3 atom stereocenters. The van der Waals surface area contributed by atoms with Crippen LogP contribution in [0.5, 0.6) is 0 Å². The van der Waals surface area contributed by atoms with Crippen LogP contribution < -0.4 is 5.32 Å². The predicted octanol–water partition coefficient (Wildman–Crippen LogP) is 4.69. The summed E-state index contributed by atoms with van der Waals surface area (Å²) in [7, 11) is 0. The van der Waals surface area contributed by atoms with Crippen LogP contribution in [0.1, 0.15) is 44.9 Å². The average Bonchev–Trinajstić information content (AvgIpc) is 3.05. The summed E-state index contributed by atoms with van der Waals surface area (Å²) in [6.07, 6.45) is 3.79. The lowest BCUT2D eigenvalue weighted by Gasteiger charge is -2.23. The molecule has 3 unspecified atom stereocenters. The molecule has 0 aliphatic carbocycles. The van der Waals surface area contributed by atoms with Gasteiger partial charge in [-0.2, -0.15) is 0 Å². The van der Waals surface area contributed by atoms with Crippen molar-refractivity contribution in [2.24, 2.45) is 0 Å². The Morgan fingerprint density at radius 1 is 1.33 bits per heavy atom. The van der Waals surface area contributed by atoms with Crippen LogP contribution in [0.4, 0.5) is 0 Å². The SMILES string of the molecule is CCCNC(c1cc2cc(Cl)ccc2o1)C1CCC(C)O1. The highest BCUT2D eigenvalue weighted by molar-refractivity contribution is 6.31. The van der Waals surface area contributed by atoms with Gasteiger partial charge in [0.2, 0.25) is 0 Å². The number of furan rings is 1. The molecule has 0 radical (unpaired) electrons. The molecule has 1 aliphatic rings. The third-order valence-corrected chi connectivity index (χ3v) is 4.29. The van der Waals surface area contributed by atoms with Crippen molar-refractivity contribution in [3.05, 3.63) is 35.0 Å². The lowest BCUT2D eigenvalue weighted by molar-refractivity contribution is 0.0271. The number of benzene rings is 1. The number of halogens is 1. The highest BCUT2D eigenvalue weighted by Crippen LogP contribution is 2.33. The first kappa shape index (κ1) is 14.9. The van der Waals surface area contributed by atoms with E-state index in [-0.39, 0.29) is 12.1 Å². The number of rotatable bonds is 5. The fourth-order valence-electron chi connectivity index (χ4n) is 2.98. The summed E-state index contributed by atoms with van der Waals surface area (Å²) in [6.45, 7) is 5.26. The molecule has 0 amide bonds. The first-order valence-electron chi connectivity index (χ1n) is 7.75. The van der Waals surface area contributed by atoms with Crippen molar-refractivity contribution in [3.8, 4) is 0 Å². The molecule has 3 rings (SSSR count). The molecule has 3 nitrogen and oxygen atoms in total. The van der Waals surface area contributed by atoms with E-state index in [4.69, 9.17) is 20.8 Å². The first-order valence-corrected chi connectivity index (χ1v) is 8.13. The molecule has 4 heteroatoms. The minimum absolute atomic E-state index is 0.112. The lowest BCUT2D eigenvalue weighted by atomic mass is 10.0. The normalized spacial score (nSPS) is 23.8. The van der Waals surface area contributed by atoms with Gasteiger partial charge < -0.3 is 14.5 Å². The summed E-state index contributed by atoms with van der Waals surface area (Å²) in [4.78, 5) is 0. The number of hydrogen-bond donors (Lipinski definition) is 1. The fourth-order valence-corrected chi connectivity index (χ4v) is 3.16. The summed E-state index contributed by atoms with van der Waals surface area (Å²) in [5.41, 5.74) is 0.878. The average molecular weight is 308 g/mol. The zero-order chi connectivity index (χ0) is 14.8. The van der Waals surface area contributed by atoms with Crippen molar-refractivity contribution in [1.29, 1.82) is 0 Å². The zero-order valence-electron chi connectivity index (χ0n) is 12.6. The molecule has 1 aromatic carbocycles. The highest BCUT2D eigenvalue weighted by Gasteiger charge is 2.32. The summed E-state index contributed by atoms with van der Waals surface area (Å²) in [5.74, 6) is 0.944. The molecule has 0 bridgehead atoms. The van der Waals surface area contributed by atoms with E-state index in [2.05, 4.69) is 25.2 Å². The Balaban J connectivity index is 1.89. The topological polar surface area (TPSA) is 34.4 Å². The van der Waals surface area contributed by atoms with E-state index in [1.807, 2.05) is 18.2 Å². The van der Waals surface area contributed by atoms with Gasteiger partial charge in [0.1, 0.15) is 11.3 Å². The van der Waals surface area contributed by atoms with Crippen LogP contribution in [0, 0.1) is 0 Å². The van der Waals surface area contributed by atoms with Crippen molar-refractivity contribution in [1.82, 2.24) is 5.32 Å². The van der Waals surface area contributed by atoms with Crippen LogP contribution in [0.15, 0.2) is 28.7 Å². The van der Waals surface area contributed by atoms with Gasteiger partial charge in [-0.25, -0.2) is 0 Å². The predicted molar refractivity (Wildman–Crippen MR) is 85.8 cm³/mol. The van der Waals surface area contributed by atoms with Crippen LogP contribution in [-0.4, -0.2) is 18.8 Å². The van der Waals surface area contributed by atoms with Crippen molar-refractivity contribution in [2.45, 2.75) is 51.4 Å². The van der Waals surface area contributed by atoms with E-state index in [1.165, 1.54) is 0 Å². The maximum absolute atomic E-state index is 6.06. The van der Waals surface area contributed by atoms with E-state index in [0.29, 0.717) is 6.10 Å². The second kappa shape index (κ2) is 6.39. The molecule has 21 heavy (non-hydrogen) atoms.